The molecule has 32 heavy (non-hydrogen) atoms. The number of hydrogen-bond acceptors (Lipinski definition) is 4. The normalized spacial score (nSPS) is 15.2. The van der Waals surface area contributed by atoms with E-state index in [2.05, 4.69) is 4.98 Å². The maximum Gasteiger partial charge on any atom is 0.416 e. The number of para-hydroxylation sites is 1. The quantitative estimate of drug-likeness (QED) is 0.468. The van der Waals surface area contributed by atoms with E-state index < -0.39 is 17.7 Å². The molecule has 0 N–H and O–H groups in total. The smallest absolute Gasteiger partial charge is 0.343 e. The lowest BCUT2D eigenvalue weighted by Crippen LogP contribution is -2.42. The third-order valence-corrected chi connectivity index (χ3v) is 6.84. The number of aromatic nitrogens is 1. The Morgan fingerprint density at radius 2 is 1.84 bits per heavy atom. The van der Waals surface area contributed by atoms with Gasteiger partial charge in [-0.05, 0) is 43.2 Å². The number of fused-ring (bicyclic) bond motifs is 1. The van der Waals surface area contributed by atoms with E-state index in [9.17, 15) is 22.8 Å². The molecule has 10 heteroatoms. The molecule has 2 amide bonds. The summed E-state index contributed by atoms with van der Waals surface area (Å²) in [6, 6.07) is 10.1. The molecule has 0 unspecified atom stereocenters. The molecule has 0 radical (unpaired) electrons. The molecule has 2 heterocycles. The molecule has 5 nitrogen and oxygen atoms in total. The first kappa shape index (κ1) is 22.5. The Kier molecular flexibility index (Phi) is 6.13. The molecule has 168 valence electrons. The standard InChI is InChI=1S/C22H19ClF3N3O2S/c1-13(30)28-10-8-14(9-11-28)20(31)29(21-27-17-4-2-3-5-19(17)32-21)18-12-15(22(24,25)26)6-7-16(18)23/h2-7,12,14H,8-11H2,1H3. The Morgan fingerprint density at radius 3 is 2.47 bits per heavy atom. The van der Waals surface area contributed by atoms with Crippen LogP contribution in [-0.2, 0) is 15.8 Å². The largest absolute Gasteiger partial charge is 0.416 e. The molecule has 0 aliphatic carbocycles. The van der Waals surface area contributed by atoms with Gasteiger partial charge in [-0.25, -0.2) is 4.98 Å². The van der Waals surface area contributed by atoms with E-state index in [4.69, 9.17) is 11.6 Å². The summed E-state index contributed by atoms with van der Waals surface area (Å²) in [5, 5.41) is 0.276. The van der Waals surface area contributed by atoms with Gasteiger partial charge < -0.3 is 4.90 Å². The number of alkyl halides is 3. The molecule has 0 spiro atoms. The molecule has 4 rings (SSSR count). The van der Waals surface area contributed by atoms with Crippen molar-refractivity contribution in [1.82, 2.24) is 9.88 Å². The number of nitrogens with zero attached hydrogens (tertiary/aromatic N) is 3. The van der Waals surface area contributed by atoms with Crippen molar-refractivity contribution in [2.24, 2.45) is 5.92 Å². The van der Waals surface area contributed by atoms with Gasteiger partial charge in [-0.2, -0.15) is 13.2 Å². The Hall–Kier alpha value is -2.65. The maximum atomic E-state index is 13.6. The molecule has 1 aromatic heterocycles. The van der Waals surface area contributed by atoms with E-state index in [0.717, 1.165) is 22.9 Å². The SMILES string of the molecule is CC(=O)N1CCC(C(=O)N(c2nc3ccccc3s2)c2cc(C(F)(F)F)ccc2Cl)CC1. The fourth-order valence-electron chi connectivity index (χ4n) is 3.76. The lowest BCUT2D eigenvalue weighted by atomic mass is 9.95. The third-order valence-electron chi connectivity index (χ3n) is 5.50. The Labute approximate surface area is 191 Å². The van der Waals surface area contributed by atoms with Crippen LogP contribution in [0, 0.1) is 5.92 Å². The van der Waals surface area contributed by atoms with Crippen molar-refractivity contribution in [1.29, 1.82) is 0 Å². The summed E-state index contributed by atoms with van der Waals surface area (Å²) in [6.07, 6.45) is -3.76. The summed E-state index contributed by atoms with van der Waals surface area (Å²) >= 11 is 7.51. The second kappa shape index (κ2) is 8.71. The number of hydrogen-bond donors (Lipinski definition) is 0. The van der Waals surface area contributed by atoms with Gasteiger partial charge in [0.25, 0.3) is 0 Å². The van der Waals surface area contributed by atoms with Crippen LogP contribution in [0.4, 0.5) is 24.0 Å². The second-order valence-corrected chi connectivity index (χ2v) is 9.00. The predicted octanol–water partition coefficient (Wildman–Crippen LogP) is 5.89. The van der Waals surface area contributed by atoms with E-state index in [0.29, 0.717) is 31.4 Å². The number of thiazole rings is 1. The molecule has 2 aromatic carbocycles. The van der Waals surface area contributed by atoms with E-state index in [1.807, 2.05) is 12.1 Å². The molecule has 1 fully saturated rings. The van der Waals surface area contributed by atoms with Gasteiger partial charge in [0, 0.05) is 25.9 Å². The van der Waals surface area contributed by atoms with Gasteiger partial charge in [-0.1, -0.05) is 35.1 Å². The summed E-state index contributed by atoms with van der Waals surface area (Å²) < 4.78 is 41.0. The van der Waals surface area contributed by atoms with Crippen LogP contribution in [0.3, 0.4) is 0 Å². The number of likely N-dealkylation sites (tertiary alicyclic amines) is 1. The molecule has 1 saturated heterocycles. The van der Waals surface area contributed by atoms with Crippen molar-refractivity contribution in [3.05, 3.63) is 53.1 Å². The fourth-order valence-corrected chi connectivity index (χ4v) is 4.94. The van der Waals surface area contributed by atoms with Gasteiger partial charge in [-0.15, -0.1) is 0 Å². The molecule has 3 aromatic rings. The Morgan fingerprint density at radius 1 is 1.16 bits per heavy atom. The number of anilines is 2. The number of rotatable bonds is 3. The van der Waals surface area contributed by atoms with Crippen LogP contribution in [0.15, 0.2) is 42.5 Å². The lowest BCUT2D eigenvalue weighted by Gasteiger charge is -2.33. The highest BCUT2D eigenvalue weighted by Gasteiger charge is 2.36. The fraction of sp³-hybridized carbons (Fsp3) is 0.318. The summed E-state index contributed by atoms with van der Waals surface area (Å²) in [5.41, 5.74) is -0.318. The van der Waals surface area contributed by atoms with E-state index in [1.54, 1.807) is 17.0 Å². The topological polar surface area (TPSA) is 53.5 Å². The molecule has 0 bridgehead atoms. The van der Waals surface area contributed by atoms with Crippen LogP contribution in [0.25, 0.3) is 10.2 Å². The number of amides is 2. The number of piperidine rings is 1. The predicted molar refractivity (Wildman–Crippen MR) is 118 cm³/mol. The molecular weight excluding hydrogens is 463 g/mol. The Bertz CT molecular complexity index is 1140. The monoisotopic (exact) mass is 481 g/mol. The zero-order valence-corrected chi connectivity index (χ0v) is 18.6. The first-order chi connectivity index (χ1) is 15.1. The van der Waals surface area contributed by atoms with E-state index in [-0.39, 0.29) is 27.7 Å². The van der Waals surface area contributed by atoms with E-state index >= 15 is 0 Å². The van der Waals surface area contributed by atoms with Gasteiger partial charge in [0.05, 0.1) is 26.5 Å². The summed E-state index contributed by atoms with van der Waals surface area (Å²) in [7, 11) is 0. The highest BCUT2D eigenvalue weighted by Crippen LogP contribution is 2.41. The number of carbonyl (C=O) groups is 2. The highest BCUT2D eigenvalue weighted by atomic mass is 35.5. The number of halogens is 4. The van der Waals surface area contributed by atoms with Crippen LogP contribution in [0.2, 0.25) is 5.02 Å². The maximum absolute atomic E-state index is 13.6. The van der Waals surface area contributed by atoms with Gasteiger partial charge in [0.2, 0.25) is 11.8 Å². The lowest BCUT2D eigenvalue weighted by molar-refractivity contribution is -0.137. The molecule has 1 aliphatic heterocycles. The van der Waals surface area contributed by atoms with Crippen molar-refractivity contribution in [2.75, 3.05) is 18.0 Å². The molecule has 0 atom stereocenters. The molecule has 1 aliphatic rings. The van der Waals surface area contributed by atoms with Gasteiger partial charge in [0.15, 0.2) is 5.13 Å². The van der Waals surface area contributed by atoms with Crippen LogP contribution < -0.4 is 4.90 Å². The summed E-state index contributed by atoms with van der Waals surface area (Å²) in [6.45, 7) is 2.30. The minimum Gasteiger partial charge on any atom is -0.343 e. The summed E-state index contributed by atoms with van der Waals surface area (Å²) in [4.78, 5) is 32.6. The molecular formula is C22H19ClF3N3O2S. The van der Waals surface area contributed by atoms with Crippen molar-refractivity contribution < 1.29 is 22.8 Å². The van der Waals surface area contributed by atoms with Crippen molar-refractivity contribution >= 4 is 55.8 Å². The molecule has 0 saturated carbocycles. The minimum atomic E-state index is -4.59. The first-order valence-electron chi connectivity index (χ1n) is 9.97. The van der Waals surface area contributed by atoms with Crippen LogP contribution >= 0.6 is 22.9 Å². The van der Waals surface area contributed by atoms with Gasteiger partial charge >= 0.3 is 6.18 Å². The van der Waals surface area contributed by atoms with Crippen molar-refractivity contribution in [3.8, 4) is 0 Å². The van der Waals surface area contributed by atoms with Crippen molar-refractivity contribution in [3.63, 3.8) is 0 Å². The Balaban J connectivity index is 1.78. The zero-order chi connectivity index (χ0) is 23.0. The highest BCUT2D eigenvalue weighted by molar-refractivity contribution is 7.22. The zero-order valence-electron chi connectivity index (χ0n) is 17.0. The number of benzene rings is 2. The third kappa shape index (κ3) is 4.45. The van der Waals surface area contributed by atoms with Gasteiger partial charge in [0.1, 0.15) is 0 Å². The van der Waals surface area contributed by atoms with Crippen LogP contribution in [-0.4, -0.2) is 34.8 Å². The number of carbonyl (C=O) groups excluding carboxylic acids is 2. The van der Waals surface area contributed by atoms with Gasteiger partial charge in [-0.3, -0.25) is 14.5 Å². The summed E-state index contributed by atoms with van der Waals surface area (Å²) in [5.74, 6) is -0.920. The average Bonchev–Trinajstić information content (AvgIpc) is 3.18. The van der Waals surface area contributed by atoms with E-state index in [1.165, 1.54) is 23.2 Å². The first-order valence-corrected chi connectivity index (χ1v) is 11.2. The minimum absolute atomic E-state index is 0.0202. The van der Waals surface area contributed by atoms with Crippen LogP contribution in [0.5, 0.6) is 0 Å². The van der Waals surface area contributed by atoms with Crippen molar-refractivity contribution in [2.45, 2.75) is 25.9 Å². The second-order valence-electron chi connectivity index (χ2n) is 7.58. The average molecular weight is 482 g/mol. The van der Waals surface area contributed by atoms with Crippen LogP contribution in [0.1, 0.15) is 25.3 Å².